The molecule has 6 heteroatoms. The van der Waals surface area contributed by atoms with E-state index in [1.807, 2.05) is 19.1 Å². The smallest absolute Gasteiger partial charge is 0.248 e. The van der Waals surface area contributed by atoms with Crippen molar-refractivity contribution in [3.05, 3.63) is 17.8 Å². The topological polar surface area (TPSA) is 58.6 Å². The average molecular weight is 330 g/mol. The third-order valence-electron chi connectivity index (χ3n) is 5.90. The number of hydrogen-bond donors (Lipinski definition) is 0. The van der Waals surface area contributed by atoms with Crippen molar-refractivity contribution in [2.45, 2.75) is 51.2 Å². The van der Waals surface area contributed by atoms with E-state index in [-0.39, 0.29) is 24.2 Å². The lowest BCUT2D eigenvalue weighted by atomic mass is 9.82. The third-order valence-corrected chi connectivity index (χ3v) is 5.90. The fourth-order valence-electron chi connectivity index (χ4n) is 3.98. The first-order valence-corrected chi connectivity index (χ1v) is 9.06. The lowest BCUT2D eigenvalue weighted by Crippen LogP contribution is -2.64. The van der Waals surface area contributed by atoms with Crippen molar-refractivity contribution < 1.29 is 9.53 Å². The Labute approximate surface area is 143 Å². The van der Waals surface area contributed by atoms with Crippen molar-refractivity contribution >= 4 is 11.7 Å². The standard InChI is InChI=1S/C18H26N4O2/c1-13-3-6-16(20-19-13)21-9-7-18(8-10-21)14(2)22(11-15-4-5-15)17(23)12-24-18/h3,6,14-15H,4-5,7-12H2,1-2H3. The summed E-state index contributed by atoms with van der Waals surface area (Å²) in [5.41, 5.74) is 0.739. The van der Waals surface area contributed by atoms with Crippen LogP contribution < -0.4 is 4.90 Å². The van der Waals surface area contributed by atoms with Crippen LogP contribution in [0, 0.1) is 12.8 Å². The van der Waals surface area contributed by atoms with Crippen molar-refractivity contribution in [2.24, 2.45) is 5.92 Å². The van der Waals surface area contributed by atoms with E-state index in [1.54, 1.807) is 0 Å². The van der Waals surface area contributed by atoms with E-state index >= 15 is 0 Å². The van der Waals surface area contributed by atoms with Gasteiger partial charge in [-0.2, -0.15) is 5.10 Å². The molecule has 1 spiro atoms. The molecular formula is C18H26N4O2. The van der Waals surface area contributed by atoms with Crippen molar-refractivity contribution in [1.29, 1.82) is 0 Å². The Morgan fingerprint density at radius 1 is 1.25 bits per heavy atom. The van der Waals surface area contributed by atoms with Gasteiger partial charge >= 0.3 is 0 Å². The van der Waals surface area contributed by atoms with Gasteiger partial charge in [-0.3, -0.25) is 4.79 Å². The molecule has 3 aliphatic rings. The monoisotopic (exact) mass is 330 g/mol. The van der Waals surface area contributed by atoms with Crippen LogP contribution in [0.3, 0.4) is 0 Å². The molecular weight excluding hydrogens is 304 g/mol. The predicted molar refractivity (Wildman–Crippen MR) is 90.8 cm³/mol. The number of nitrogens with zero attached hydrogens (tertiary/aromatic N) is 4. The van der Waals surface area contributed by atoms with Gasteiger partial charge < -0.3 is 14.5 Å². The zero-order valence-corrected chi connectivity index (χ0v) is 14.6. The first-order chi connectivity index (χ1) is 11.6. The summed E-state index contributed by atoms with van der Waals surface area (Å²) in [5, 5.41) is 8.46. The summed E-state index contributed by atoms with van der Waals surface area (Å²) in [5.74, 6) is 1.81. The van der Waals surface area contributed by atoms with E-state index in [2.05, 4.69) is 26.9 Å². The number of piperidine rings is 1. The van der Waals surface area contributed by atoms with Gasteiger partial charge in [0.15, 0.2) is 5.82 Å². The second-order valence-electron chi connectivity index (χ2n) is 7.54. The number of ether oxygens (including phenoxy) is 1. The highest BCUT2D eigenvalue weighted by molar-refractivity contribution is 5.79. The normalized spacial score (nSPS) is 26.9. The molecule has 1 atom stereocenters. The van der Waals surface area contributed by atoms with Gasteiger partial charge in [-0.25, -0.2) is 0 Å². The molecule has 2 aliphatic heterocycles. The number of hydrogen-bond acceptors (Lipinski definition) is 5. The molecule has 130 valence electrons. The highest BCUT2D eigenvalue weighted by Crippen LogP contribution is 2.39. The molecule has 0 radical (unpaired) electrons. The van der Waals surface area contributed by atoms with Crippen LogP contribution in [0.4, 0.5) is 5.82 Å². The van der Waals surface area contributed by atoms with Gasteiger partial charge in [-0.15, -0.1) is 5.10 Å². The van der Waals surface area contributed by atoms with E-state index in [0.717, 1.165) is 49.9 Å². The molecule has 4 rings (SSSR count). The maximum absolute atomic E-state index is 12.3. The number of amides is 1. The maximum atomic E-state index is 12.3. The van der Waals surface area contributed by atoms with Crippen LogP contribution in [0.2, 0.25) is 0 Å². The molecule has 1 amide bonds. The van der Waals surface area contributed by atoms with Gasteiger partial charge in [0.2, 0.25) is 5.91 Å². The molecule has 2 saturated heterocycles. The van der Waals surface area contributed by atoms with E-state index in [0.29, 0.717) is 0 Å². The predicted octanol–water partition coefficient (Wildman–Crippen LogP) is 1.78. The Hall–Kier alpha value is -1.69. The summed E-state index contributed by atoms with van der Waals surface area (Å²) in [4.78, 5) is 16.6. The number of aromatic nitrogens is 2. The summed E-state index contributed by atoms with van der Waals surface area (Å²) in [6, 6.07) is 4.20. The fourth-order valence-corrected chi connectivity index (χ4v) is 3.98. The maximum Gasteiger partial charge on any atom is 0.248 e. The molecule has 1 aromatic heterocycles. The van der Waals surface area contributed by atoms with E-state index in [4.69, 9.17) is 4.74 Å². The summed E-state index contributed by atoms with van der Waals surface area (Å²) in [7, 11) is 0. The van der Waals surface area contributed by atoms with Gasteiger partial charge in [0.25, 0.3) is 0 Å². The minimum atomic E-state index is -0.197. The molecule has 0 aromatic carbocycles. The van der Waals surface area contributed by atoms with Crippen molar-refractivity contribution in [1.82, 2.24) is 15.1 Å². The number of carbonyl (C=O) groups excluding carboxylic acids is 1. The fraction of sp³-hybridized carbons (Fsp3) is 0.722. The summed E-state index contributed by atoms with van der Waals surface area (Å²) >= 11 is 0. The number of morpholine rings is 1. The van der Waals surface area contributed by atoms with Crippen LogP contribution in [0.25, 0.3) is 0 Å². The van der Waals surface area contributed by atoms with Gasteiger partial charge in [-0.1, -0.05) is 0 Å². The lowest BCUT2D eigenvalue weighted by Gasteiger charge is -2.51. The highest BCUT2D eigenvalue weighted by Gasteiger charge is 2.48. The minimum Gasteiger partial charge on any atom is -0.363 e. The van der Waals surface area contributed by atoms with Crippen molar-refractivity contribution in [2.75, 3.05) is 31.1 Å². The number of carbonyl (C=O) groups is 1. The van der Waals surface area contributed by atoms with E-state index in [9.17, 15) is 4.79 Å². The summed E-state index contributed by atoms with van der Waals surface area (Å²) < 4.78 is 6.11. The minimum absolute atomic E-state index is 0.158. The Morgan fingerprint density at radius 2 is 2.00 bits per heavy atom. The molecule has 0 N–H and O–H groups in total. The van der Waals surface area contributed by atoms with Crippen molar-refractivity contribution in [3.63, 3.8) is 0 Å². The van der Waals surface area contributed by atoms with Crippen LogP contribution in [0.5, 0.6) is 0 Å². The second kappa shape index (κ2) is 5.99. The van der Waals surface area contributed by atoms with Gasteiger partial charge in [-0.05, 0) is 57.6 Å². The molecule has 1 aromatic rings. The first kappa shape index (κ1) is 15.8. The molecule has 1 aliphatic carbocycles. The van der Waals surface area contributed by atoms with Crippen LogP contribution >= 0.6 is 0 Å². The Morgan fingerprint density at radius 3 is 2.62 bits per heavy atom. The Bertz CT molecular complexity index is 606. The third kappa shape index (κ3) is 2.88. The van der Waals surface area contributed by atoms with Gasteiger partial charge in [0.1, 0.15) is 6.61 Å². The van der Waals surface area contributed by atoms with Crippen LogP contribution in [0.15, 0.2) is 12.1 Å². The van der Waals surface area contributed by atoms with Gasteiger partial charge in [0.05, 0.1) is 17.3 Å². The molecule has 1 unspecified atom stereocenters. The van der Waals surface area contributed by atoms with Crippen LogP contribution in [0.1, 0.15) is 38.3 Å². The largest absolute Gasteiger partial charge is 0.363 e. The van der Waals surface area contributed by atoms with Crippen molar-refractivity contribution in [3.8, 4) is 0 Å². The SMILES string of the molecule is Cc1ccc(N2CCC3(CC2)OCC(=O)N(CC2CC2)C3C)nn1. The molecule has 3 fully saturated rings. The molecule has 6 nitrogen and oxygen atoms in total. The number of rotatable bonds is 3. The molecule has 24 heavy (non-hydrogen) atoms. The highest BCUT2D eigenvalue weighted by atomic mass is 16.5. The lowest BCUT2D eigenvalue weighted by molar-refractivity contribution is -0.181. The number of aryl methyl sites for hydroxylation is 1. The quantitative estimate of drug-likeness (QED) is 0.845. The zero-order valence-electron chi connectivity index (χ0n) is 14.6. The zero-order chi connectivity index (χ0) is 16.7. The van der Waals surface area contributed by atoms with E-state index in [1.165, 1.54) is 12.8 Å². The van der Waals surface area contributed by atoms with Gasteiger partial charge in [0, 0.05) is 19.6 Å². The first-order valence-electron chi connectivity index (χ1n) is 9.06. The summed E-state index contributed by atoms with van der Waals surface area (Å²) in [6.45, 7) is 7.06. The average Bonchev–Trinajstić information content (AvgIpc) is 3.41. The Kier molecular flexibility index (Phi) is 3.95. The van der Waals surface area contributed by atoms with E-state index < -0.39 is 0 Å². The summed E-state index contributed by atoms with van der Waals surface area (Å²) in [6.07, 6.45) is 4.39. The van der Waals surface area contributed by atoms with Crippen LogP contribution in [-0.4, -0.2) is 58.9 Å². The molecule has 0 bridgehead atoms. The van der Waals surface area contributed by atoms with Crippen LogP contribution in [-0.2, 0) is 9.53 Å². The second-order valence-corrected chi connectivity index (χ2v) is 7.54. The Balaban J connectivity index is 1.44. The number of anilines is 1. The molecule has 3 heterocycles. The molecule has 1 saturated carbocycles.